The van der Waals surface area contributed by atoms with Gasteiger partial charge < -0.3 is 4.90 Å². The van der Waals surface area contributed by atoms with Gasteiger partial charge in [0.2, 0.25) is 0 Å². The normalized spacial score (nSPS) is 14.6. The third-order valence-electron chi connectivity index (χ3n) is 9.89. The van der Waals surface area contributed by atoms with Crippen molar-refractivity contribution in [2.75, 3.05) is 4.90 Å². The highest BCUT2D eigenvalue weighted by Crippen LogP contribution is 2.42. The number of hydrogen-bond donors (Lipinski definition) is 0. The zero-order chi connectivity index (χ0) is 47.9. The van der Waals surface area contributed by atoms with Crippen LogP contribution in [0.15, 0.2) is 224 Å². The molecule has 55 heavy (non-hydrogen) atoms. The Balaban J connectivity index is 1.24. The van der Waals surface area contributed by atoms with Crippen LogP contribution < -0.4 is 4.90 Å². The lowest BCUT2D eigenvalue weighted by Crippen LogP contribution is -2.09. The molecular formula is C54H37N. The second-order valence-electron chi connectivity index (χ2n) is 13.1. The molecule has 258 valence electrons. The van der Waals surface area contributed by atoms with Crippen LogP contribution in [0.25, 0.3) is 76.8 Å². The maximum atomic E-state index is 9.72. The molecule has 0 aromatic heterocycles. The van der Waals surface area contributed by atoms with Crippen molar-refractivity contribution >= 4 is 49.4 Å². The fraction of sp³-hybridized carbons (Fsp3) is 0. The predicted molar refractivity (Wildman–Crippen MR) is 235 cm³/mol. The summed E-state index contributed by atoms with van der Waals surface area (Å²) >= 11 is 0. The van der Waals surface area contributed by atoms with Crippen LogP contribution in [0.3, 0.4) is 0 Å². The van der Waals surface area contributed by atoms with E-state index >= 15 is 0 Å². The largest absolute Gasteiger partial charge is 0.311 e. The van der Waals surface area contributed by atoms with Crippen LogP contribution >= 0.6 is 0 Å². The van der Waals surface area contributed by atoms with Gasteiger partial charge in [-0.2, -0.15) is 0 Å². The highest BCUT2D eigenvalue weighted by molar-refractivity contribution is 6.13. The molecule has 0 bridgehead atoms. The Morgan fingerprint density at radius 3 is 1.58 bits per heavy atom. The average molecular weight is 713 g/mol. The highest BCUT2D eigenvalue weighted by Gasteiger charge is 2.17. The summed E-state index contributed by atoms with van der Waals surface area (Å²) in [6, 6.07) is 37.6. The molecule has 0 saturated carbocycles. The first-order chi connectivity index (χ1) is 32.7. The molecule has 0 amide bonds. The first-order valence-corrected chi connectivity index (χ1v) is 17.9. The molecule has 0 fully saturated rings. The molecule has 0 aliphatic heterocycles. The zero-order valence-corrected chi connectivity index (χ0v) is 29.3. The summed E-state index contributed by atoms with van der Waals surface area (Å²) in [4.78, 5) is 1.19. The third kappa shape index (κ3) is 6.02. The Morgan fingerprint density at radius 1 is 0.309 bits per heavy atom. The number of fused-ring (bicyclic) bond motifs is 4. The fourth-order valence-corrected chi connectivity index (χ4v) is 7.32. The third-order valence-corrected chi connectivity index (χ3v) is 9.89. The first-order valence-electron chi connectivity index (χ1n) is 24.4. The molecule has 0 radical (unpaired) electrons. The van der Waals surface area contributed by atoms with E-state index in [-0.39, 0.29) is 16.9 Å². The van der Waals surface area contributed by atoms with Crippen molar-refractivity contribution in [2.45, 2.75) is 0 Å². The Hall–Kier alpha value is -7.22. The summed E-state index contributed by atoms with van der Waals surface area (Å²) in [6.45, 7) is 0. The molecule has 0 aliphatic rings. The van der Waals surface area contributed by atoms with Crippen LogP contribution in [-0.4, -0.2) is 0 Å². The van der Waals surface area contributed by atoms with Gasteiger partial charge >= 0.3 is 0 Å². The lowest BCUT2D eigenvalue weighted by molar-refractivity contribution is 1.28. The van der Waals surface area contributed by atoms with E-state index in [4.69, 9.17) is 6.85 Å². The minimum absolute atomic E-state index is 0.0166. The summed E-state index contributed by atoms with van der Waals surface area (Å²) in [6.07, 6.45) is 0. The van der Waals surface area contributed by atoms with Crippen LogP contribution in [0.2, 0.25) is 0 Å². The van der Waals surface area contributed by atoms with Crippen molar-refractivity contribution in [1.29, 1.82) is 0 Å². The molecule has 0 spiro atoms. The molecular weight excluding hydrogens is 663 g/mol. The van der Waals surface area contributed by atoms with Crippen molar-refractivity contribution in [2.24, 2.45) is 0 Å². The van der Waals surface area contributed by atoms with Gasteiger partial charge in [0.15, 0.2) is 0 Å². The van der Waals surface area contributed by atoms with Crippen LogP contribution in [0, 0.1) is 0 Å². The molecule has 0 aliphatic carbocycles. The van der Waals surface area contributed by atoms with Crippen molar-refractivity contribution in [1.82, 2.24) is 0 Å². The highest BCUT2D eigenvalue weighted by atomic mass is 15.1. The average Bonchev–Trinajstić information content (AvgIpc) is 3.37. The van der Waals surface area contributed by atoms with E-state index in [2.05, 4.69) is 18.2 Å². The van der Waals surface area contributed by atoms with E-state index in [1.165, 1.54) is 4.90 Å². The first kappa shape index (κ1) is 21.5. The molecule has 0 unspecified atom stereocenters. The van der Waals surface area contributed by atoms with Crippen molar-refractivity contribution < 1.29 is 17.8 Å². The Kier molecular flexibility index (Phi) is 5.45. The number of anilines is 3. The van der Waals surface area contributed by atoms with E-state index in [0.29, 0.717) is 11.1 Å². The maximum Gasteiger partial charge on any atom is 0.0645 e. The van der Waals surface area contributed by atoms with Crippen LogP contribution in [0.4, 0.5) is 17.1 Å². The van der Waals surface area contributed by atoms with E-state index in [1.54, 1.807) is 18.2 Å². The standard InChI is InChI=1S/C54H37N/c1-3-13-38(14-4-1)39-23-30-45(31-24-39)55(47-34-27-42(28-35-47)53-37-44-18-8-9-19-48(44)51-21-11-12-22-52(51)53)46-32-25-41(26-33-46)50-36-29-40-15-7-10-20-49(40)54(50)43-16-5-2-6-17-43/h1-37H/i1D,3D,4D,13D,14D,23D,24D,25D,26D,30D,31D,32D,33D. The molecule has 0 heterocycles. The lowest BCUT2D eigenvalue weighted by atomic mass is 9.90. The number of hydrogen-bond acceptors (Lipinski definition) is 1. The summed E-state index contributed by atoms with van der Waals surface area (Å²) in [5.74, 6) is 0. The van der Waals surface area contributed by atoms with Gasteiger partial charge in [-0.15, -0.1) is 0 Å². The number of rotatable bonds is 7. The van der Waals surface area contributed by atoms with Gasteiger partial charge in [-0.25, -0.2) is 0 Å². The monoisotopic (exact) mass is 712 g/mol. The predicted octanol–water partition coefficient (Wildman–Crippen LogP) is 15.3. The SMILES string of the molecule is [2H]c1c([2H])c([2H])c(-c2c([2H])c([2H])c(N(c3ccc(-c4cc5ccccc5c5ccccc45)cc3)c3c([2H])c([2H])c(-c4ccc5ccccc5c4-c4ccccc4)c([2H])c3[2H])c([2H])c2[2H])c([2H])c1[2H]. The minimum Gasteiger partial charge on any atom is -0.311 e. The van der Waals surface area contributed by atoms with Gasteiger partial charge in [0.25, 0.3) is 0 Å². The van der Waals surface area contributed by atoms with E-state index in [9.17, 15) is 11.0 Å². The van der Waals surface area contributed by atoms with E-state index in [0.717, 1.165) is 49.0 Å². The van der Waals surface area contributed by atoms with Gasteiger partial charge in [0.1, 0.15) is 0 Å². The van der Waals surface area contributed by atoms with E-state index in [1.807, 2.05) is 109 Å². The van der Waals surface area contributed by atoms with Gasteiger partial charge in [-0.3, -0.25) is 0 Å². The molecule has 10 rings (SSSR count). The van der Waals surface area contributed by atoms with Crippen molar-refractivity contribution in [3.05, 3.63) is 224 Å². The molecule has 10 aromatic rings. The quantitative estimate of drug-likeness (QED) is 0.149. The van der Waals surface area contributed by atoms with Gasteiger partial charge in [-0.05, 0) is 119 Å². The maximum absolute atomic E-state index is 9.72. The lowest BCUT2D eigenvalue weighted by Gasteiger charge is -2.26. The Bertz CT molecular complexity index is 3640. The van der Waals surface area contributed by atoms with E-state index < -0.39 is 95.4 Å². The Labute approximate surface area is 340 Å². The summed E-state index contributed by atoms with van der Waals surface area (Å²) in [5, 5.41) is 5.86. The summed E-state index contributed by atoms with van der Waals surface area (Å²) in [5.41, 5.74) is 1.99. The minimum atomic E-state index is -0.737. The summed E-state index contributed by atoms with van der Waals surface area (Å²) in [7, 11) is 0. The molecule has 10 aromatic carbocycles. The molecule has 0 N–H and O–H groups in total. The smallest absolute Gasteiger partial charge is 0.0645 e. The van der Waals surface area contributed by atoms with Crippen molar-refractivity contribution in [3.8, 4) is 44.5 Å². The van der Waals surface area contributed by atoms with Gasteiger partial charge in [0, 0.05) is 17.1 Å². The van der Waals surface area contributed by atoms with Crippen LogP contribution in [-0.2, 0) is 0 Å². The molecule has 0 atom stereocenters. The van der Waals surface area contributed by atoms with Gasteiger partial charge in [-0.1, -0.05) is 182 Å². The van der Waals surface area contributed by atoms with Gasteiger partial charge in [0.05, 0.1) is 17.8 Å². The summed E-state index contributed by atoms with van der Waals surface area (Å²) < 4.78 is 118. The molecule has 0 saturated heterocycles. The van der Waals surface area contributed by atoms with Crippen LogP contribution in [0.1, 0.15) is 17.8 Å². The second kappa shape index (κ2) is 14.0. The fourth-order valence-electron chi connectivity index (χ4n) is 7.32. The topological polar surface area (TPSA) is 3.24 Å². The number of nitrogens with zero attached hydrogens (tertiary/aromatic N) is 1. The molecule has 1 nitrogen and oxygen atoms in total. The van der Waals surface area contributed by atoms with Crippen LogP contribution in [0.5, 0.6) is 0 Å². The Morgan fingerprint density at radius 2 is 0.873 bits per heavy atom. The zero-order valence-electron chi connectivity index (χ0n) is 42.3. The second-order valence-corrected chi connectivity index (χ2v) is 13.1. The van der Waals surface area contributed by atoms with Crippen molar-refractivity contribution in [3.63, 3.8) is 0 Å². The molecule has 1 heteroatoms. The number of benzene rings is 10.